The van der Waals surface area contributed by atoms with Gasteiger partial charge in [0.15, 0.2) is 23.0 Å². The smallest absolute Gasteiger partial charge is 0.335 e. The largest absolute Gasteiger partial charge is 0.493 e. The van der Waals surface area contributed by atoms with E-state index in [-0.39, 0.29) is 16.9 Å². The Balaban J connectivity index is 0.000000242. The highest BCUT2D eigenvalue weighted by molar-refractivity contribution is 5.95. The van der Waals surface area contributed by atoms with E-state index in [1.54, 1.807) is 26.4 Å². The lowest BCUT2D eigenvalue weighted by atomic mass is 9.75. The van der Waals surface area contributed by atoms with E-state index < -0.39 is 5.97 Å². The van der Waals surface area contributed by atoms with Crippen molar-refractivity contribution in [1.82, 2.24) is 5.32 Å². The van der Waals surface area contributed by atoms with Gasteiger partial charge in [-0.3, -0.25) is 4.79 Å². The van der Waals surface area contributed by atoms with Crippen LogP contribution in [0.2, 0.25) is 0 Å². The van der Waals surface area contributed by atoms with Crippen molar-refractivity contribution in [2.45, 2.75) is 90.9 Å². The number of carbonyl (C=O) groups is 2. The van der Waals surface area contributed by atoms with Gasteiger partial charge in [-0.2, -0.15) is 0 Å². The number of amides is 1. The third kappa shape index (κ3) is 17.3. The number of ether oxygens (including phenoxy) is 8. The van der Waals surface area contributed by atoms with Crippen LogP contribution in [0.3, 0.4) is 0 Å². The molecular weight excluding hydrogens is 853 g/mol. The normalized spacial score (nSPS) is 14.7. The molecule has 1 amide bonds. The number of nitrogens with one attached hydrogen (secondary N) is 1. The van der Waals surface area contributed by atoms with Gasteiger partial charge in [0.2, 0.25) is 11.5 Å². The van der Waals surface area contributed by atoms with Gasteiger partial charge in [0.05, 0.1) is 47.2 Å². The number of methoxy groups -OCH3 is 4. The van der Waals surface area contributed by atoms with Crippen molar-refractivity contribution in [3.05, 3.63) is 107 Å². The van der Waals surface area contributed by atoms with Crippen molar-refractivity contribution in [1.29, 1.82) is 0 Å². The summed E-state index contributed by atoms with van der Waals surface area (Å²) in [5.41, 5.74) is 9.64. The Bertz CT molecular complexity index is 1980. The first kappa shape index (κ1) is 54.1. The summed E-state index contributed by atoms with van der Waals surface area (Å²) in [5.74, 6) is 1.53. The van der Waals surface area contributed by atoms with Crippen LogP contribution in [0.4, 0.5) is 0 Å². The van der Waals surface area contributed by atoms with Gasteiger partial charge < -0.3 is 54.1 Å². The Kier molecular flexibility index (Phi) is 23.7. The maximum atomic E-state index is 13.1. The number of carbonyl (C=O) groups excluding carboxylic acids is 1. The molecule has 0 spiro atoms. The molecule has 0 unspecified atom stereocenters. The predicted molar refractivity (Wildman–Crippen MR) is 263 cm³/mol. The van der Waals surface area contributed by atoms with E-state index in [0.29, 0.717) is 65.2 Å². The fraction of sp³-hybridized carbons (Fsp3) is 0.519. The zero-order valence-electron chi connectivity index (χ0n) is 40.8. The molecule has 4 N–H and O–H groups in total. The summed E-state index contributed by atoms with van der Waals surface area (Å²) in [6.45, 7) is 9.91. The lowest BCUT2D eigenvalue weighted by Crippen LogP contribution is -2.41. The summed E-state index contributed by atoms with van der Waals surface area (Å²) < 4.78 is 43.8. The number of aryl methyl sites for hydroxylation is 2. The minimum Gasteiger partial charge on any atom is -0.493 e. The molecule has 0 radical (unpaired) electrons. The molecule has 368 valence electrons. The summed E-state index contributed by atoms with van der Waals surface area (Å²) in [5, 5.41) is 12.2. The second-order valence-electron chi connectivity index (χ2n) is 17.2. The monoisotopic (exact) mass is 929 g/mol. The predicted octanol–water partition coefficient (Wildman–Crippen LogP) is 10.00. The second-order valence-corrected chi connectivity index (χ2v) is 17.2. The molecular formula is C54H76N2O11. The van der Waals surface area contributed by atoms with E-state index in [9.17, 15) is 9.59 Å². The van der Waals surface area contributed by atoms with Gasteiger partial charge in [-0.05, 0) is 117 Å². The van der Waals surface area contributed by atoms with E-state index in [0.717, 1.165) is 104 Å². The average molecular weight is 929 g/mol. The number of rotatable bonds is 23. The third-order valence-electron chi connectivity index (χ3n) is 12.7. The van der Waals surface area contributed by atoms with Crippen LogP contribution in [0.1, 0.15) is 110 Å². The Morgan fingerprint density at radius 2 is 1.00 bits per heavy atom. The van der Waals surface area contributed by atoms with Crippen LogP contribution < -0.4 is 39.5 Å². The maximum absolute atomic E-state index is 13.1. The van der Waals surface area contributed by atoms with Crippen molar-refractivity contribution in [2.24, 2.45) is 16.6 Å². The number of aromatic carboxylic acids is 1. The summed E-state index contributed by atoms with van der Waals surface area (Å²) in [6, 6.07) is 27.5. The molecule has 2 heterocycles. The topological polar surface area (TPSA) is 166 Å². The molecule has 0 aromatic heterocycles. The van der Waals surface area contributed by atoms with Crippen molar-refractivity contribution in [2.75, 3.05) is 81.2 Å². The lowest BCUT2D eigenvalue weighted by molar-refractivity contribution is 0.0106. The van der Waals surface area contributed by atoms with Crippen LogP contribution in [0, 0.1) is 10.8 Å². The van der Waals surface area contributed by atoms with E-state index >= 15 is 0 Å². The van der Waals surface area contributed by atoms with E-state index in [1.807, 2.05) is 6.07 Å². The summed E-state index contributed by atoms with van der Waals surface area (Å²) in [7, 11) is 6.08. The van der Waals surface area contributed by atoms with Crippen LogP contribution in [0.5, 0.6) is 34.5 Å². The van der Waals surface area contributed by atoms with Crippen molar-refractivity contribution in [3.63, 3.8) is 0 Å². The van der Waals surface area contributed by atoms with E-state index in [1.165, 1.54) is 43.9 Å². The Morgan fingerprint density at radius 1 is 0.612 bits per heavy atom. The van der Waals surface area contributed by atoms with Gasteiger partial charge in [0.1, 0.15) is 0 Å². The molecule has 4 aromatic carbocycles. The third-order valence-corrected chi connectivity index (χ3v) is 12.7. The number of nitrogens with two attached hydrogens (primary N) is 1. The minimum atomic E-state index is -1.04. The minimum absolute atomic E-state index is 0.0289. The van der Waals surface area contributed by atoms with Crippen LogP contribution in [0.15, 0.2) is 84.9 Å². The molecule has 6 rings (SSSR count). The van der Waals surface area contributed by atoms with Crippen molar-refractivity contribution < 1.29 is 52.6 Å². The number of carboxylic acids is 1. The maximum Gasteiger partial charge on any atom is 0.335 e. The molecule has 4 aromatic rings. The SMILES string of the molecule is CCCCOc1c(OC)cc(C(=O)NCC2(CCc3ccccc3)CCOCC2)cc1OC.CCCCOc1c(OC)cc(C(=O)O)cc1OC.NCC1(CCc2ccccc2)CCOCC1. The van der Waals surface area contributed by atoms with Crippen LogP contribution in [-0.2, 0) is 22.3 Å². The first-order valence-electron chi connectivity index (χ1n) is 23.8. The van der Waals surface area contributed by atoms with E-state index in [2.05, 4.69) is 73.8 Å². The summed E-state index contributed by atoms with van der Waals surface area (Å²) in [4.78, 5) is 24.1. The molecule has 2 aliphatic heterocycles. The van der Waals surface area contributed by atoms with Crippen LogP contribution in [0.25, 0.3) is 0 Å². The van der Waals surface area contributed by atoms with Gasteiger partial charge >= 0.3 is 5.97 Å². The van der Waals surface area contributed by atoms with Gasteiger partial charge in [-0.15, -0.1) is 0 Å². The number of hydrogen-bond acceptors (Lipinski definition) is 11. The second kappa shape index (κ2) is 29.3. The molecule has 2 aliphatic rings. The van der Waals surface area contributed by atoms with Crippen molar-refractivity contribution in [3.8, 4) is 34.5 Å². The standard InChI is InChI=1S/C27H37NO5.C14H21NO.C13H18O5/c1-4-5-15-33-25-23(30-2)18-22(19-24(25)31-3)26(29)28-20-27(13-16-32-17-14-27)12-11-21-9-7-6-8-10-21;15-12-14(8-10-16-11-9-14)7-6-13-4-2-1-3-5-13;1-4-5-6-18-12-10(16-2)7-9(13(14)15)8-11(12)17-3/h6-10,18-19H,4-5,11-17,20H2,1-3H3,(H,28,29);1-5H,6-12,15H2;7-8H,4-6H2,1-3H3,(H,14,15). The molecule has 0 saturated carbocycles. The average Bonchev–Trinajstić information content (AvgIpc) is 3.38. The Hall–Kier alpha value is -5.50. The number of benzene rings is 4. The summed E-state index contributed by atoms with van der Waals surface area (Å²) >= 11 is 0. The highest BCUT2D eigenvalue weighted by Crippen LogP contribution is 2.41. The Morgan fingerprint density at radius 3 is 1.37 bits per heavy atom. The van der Waals surface area contributed by atoms with Gasteiger partial charge in [-0.1, -0.05) is 87.4 Å². The van der Waals surface area contributed by atoms with Crippen molar-refractivity contribution >= 4 is 11.9 Å². The molecule has 13 heteroatoms. The zero-order valence-corrected chi connectivity index (χ0v) is 40.8. The van der Waals surface area contributed by atoms with Gasteiger partial charge in [0, 0.05) is 38.5 Å². The van der Waals surface area contributed by atoms with Crippen LogP contribution >= 0.6 is 0 Å². The molecule has 0 aliphatic carbocycles. The summed E-state index contributed by atoms with van der Waals surface area (Å²) in [6.07, 6.45) is 12.3. The van der Waals surface area contributed by atoms with Gasteiger partial charge in [-0.25, -0.2) is 4.79 Å². The molecule has 13 nitrogen and oxygen atoms in total. The number of hydrogen-bond donors (Lipinski definition) is 3. The molecule has 0 bridgehead atoms. The molecule has 2 saturated heterocycles. The number of carboxylic acid groups (broad SMARTS) is 1. The highest BCUT2D eigenvalue weighted by Gasteiger charge is 2.33. The zero-order chi connectivity index (χ0) is 48.3. The van der Waals surface area contributed by atoms with Crippen LogP contribution in [-0.4, -0.2) is 98.2 Å². The van der Waals surface area contributed by atoms with E-state index in [4.69, 9.17) is 48.7 Å². The fourth-order valence-corrected chi connectivity index (χ4v) is 8.09. The first-order valence-corrected chi connectivity index (χ1v) is 23.8. The molecule has 67 heavy (non-hydrogen) atoms. The molecule has 0 atom stereocenters. The molecule has 2 fully saturated rings. The first-order chi connectivity index (χ1) is 32.6. The van der Waals surface area contributed by atoms with Gasteiger partial charge in [0.25, 0.3) is 5.91 Å². The quantitative estimate of drug-likeness (QED) is 0.0604. The lowest BCUT2D eigenvalue weighted by Gasteiger charge is -2.37. The Labute approximate surface area is 398 Å². The highest BCUT2D eigenvalue weighted by atomic mass is 16.5. The number of unbranched alkanes of at least 4 members (excludes halogenated alkanes) is 2. The fourth-order valence-electron chi connectivity index (χ4n) is 8.09.